The summed E-state index contributed by atoms with van der Waals surface area (Å²) in [6, 6.07) is 9.41. The third kappa shape index (κ3) is 2.36. The summed E-state index contributed by atoms with van der Waals surface area (Å²) in [6.07, 6.45) is 11.9. The first-order valence-corrected chi connectivity index (χ1v) is 7.57. The zero-order chi connectivity index (χ0) is 13.2. The number of rotatable bonds is 2. The maximum absolute atomic E-state index is 2.56. The van der Waals surface area contributed by atoms with Gasteiger partial charge in [-0.2, -0.15) is 0 Å². The number of nitrogens with zero attached hydrogens (tertiary/aromatic N) is 2. The van der Waals surface area contributed by atoms with Gasteiger partial charge in [0.2, 0.25) is 0 Å². The highest BCUT2D eigenvalue weighted by atomic mass is 15.4. The summed E-state index contributed by atoms with van der Waals surface area (Å²) in [5.41, 5.74) is 2.69. The molecule has 0 aromatic heterocycles. The van der Waals surface area contributed by atoms with Gasteiger partial charge in [0, 0.05) is 24.1 Å². The molecule has 1 heterocycles. The Kier molecular flexibility index (Phi) is 3.50. The molecule has 1 fully saturated rings. The van der Waals surface area contributed by atoms with Gasteiger partial charge in [0.05, 0.1) is 0 Å². The van der Waals surface area contributed by atoms with Crippen molar-refractivity contribution in [1.82, 2.24) is 4.90 Å². The summed E-state index contributed by atoms with van der Waals surface area (Å²) in [4.78, 5) is 4.97. The van der Waals surface area contributed by atoms with Crippen molar-refractivity contribution in [3.63, 3.8) is 0 Å². The molecule has 0 unspecified atom stereocenters. The Labute approximate surface area is 116 Å². The Balaban J connectivity index is 1.77. The molecule has 102 valence electrons. The smallest absolute Gasteiger partial charge is 0.103 e. The molecule has 1 aromatic carbocycles. The molecule has 0 bridgehead atoms. The molecule has 1 aliphatic carbocycles. The second-order valence-corrected chi connectivity index (χ2v) is 5.86. The summed E-state index contributed by atoms with van der Waals surface area (Å²) in [5, 5.41) is 0. The highest BCUT2D eigenvalue weighted by Gasteiger charge is 2.29. The first-order chi connectivity index (χ1) is 9.27. The molecular formula is C17H24N2. The molecule has 0 N–H and O–H groups in total. The van der Waals surface area contributed by atoms with Gasteiger partial charge in [-0.25, -0.2) is 0 Å². The number of aryl methyl sites for hydroxylation is 1. The van der Waals surface area contributed by atoms with Crippen molar-refractivity contribution in [2.45, 2.75) is 58.2 Å². The first-order valence-electron chi connectivity index (χ1n) is 7.57. The standard InChI is InChI=1S/C17H24N2/c1-14-8-6-7-11-17(14)19-13-12-18(15(19)2)16-9-4-3-5-10-16/h6-8,11-13,15-16H,3-5,9-10H2,1-2H3/t15-/m0/s1. The molecule has 0 spiro atoms. The minimum Gasteiger partial charge on any atom is -0.353 e. The number of hydrogen-bond donors (Lipinski definition) is 0. The van der Waals surface area contributed by atoms with Gasteiger partial charge in [0.1, 0.15) is 6.17 Å². The van der Waals surface area contributed by atoms with Crippen LogP contribution >= 0.6 is 0 Å². The predicted octanol–water partition coefficient (Wildman–Crippen LogP) is 4.27. The Morgan fingerprint density at radius 1 is 1.00 bits per heavy atom. The normalized spacial score (nSPS) is 24.2. The molecule has 2 heteroatoms. The molecule has 1 aliphatic heterocycles. The van der Waals surface area contributed by atoms with Crippen molar-refractivity contribution >= 4 is 5.69 Å². The van der Waals surface area contributed by atoms with E-state index in [9.17, 15) is 0 Å². The van der Waals surface area contributed by atoms with E-state index < -0.39 is 0 Å². The minimum atomic E-state index is 0.448. The average molecular weight is 256 g/mol. The second kappa shape index (κ2) is 5.28. The molecule has 1 saturated carbocycles. The van der Waals surface area contributed by atoms with Gasteiger partial charge >= 0.3 is 0 Å². The van der Waals surface area contributed by atoms with Gasteiger partial charge in [-0.3, -0.25) is 0 Å². The monoisotopic (exact) mass is 256 g/mol. The van der Waals surface area contributed by atoms with E-state index in [0.717, 1.165) is 6.04 Å². The number of para-hydroxylation sites is 1. The zero-order valence-electron chi connectivity index (χ0n) is 12.0. The van der Waals surface area contributed by atoms with Crippen molar-refractivity contribution in [3.8, 4) is 0 Å². The van der Waals surface area contributed by atoms with Gasteiger partial charge in [0.15, 0.2) is 0 Å². The maximum atomic E-state index is 2.56. The summed E-state index contributed by atoms with van der Waals surface area (Å²) in [6.45, 7) is 4.51. The van der Waals surface area contributed by atoms with Gasteiger partial charge in [-0.05, 0) is 38.3 Å². The Morgan fingerprint density at radius 2 is 1.74 bits per heavy atom. The van der Waals surface area contributed by atoms with E-state index in [0.29, 0.717) is 6.17 Å². The van der Waals surface area contributed by atoms with Gasteiger partial charge in [-0.1, -0.05) is 37.5 Å². The quantitative estimate of drug-likeness (QED) is 0.780. The summed E-state index contributed by atoms with van der Waals surface area (Å²) in [7, 11) is 0. The summed E-state index contributed by atoms with van der Waals surface area (Å²) < 4.78 is 0. The van der Waals surface area contributed by atoms with E-state index in [1.165, 1.54) is 43.4 Å². The maximum Gasteiger partial charge on any atom is 0.103 e. The molecule has 19 heavy (non-hydrogen) atoms. The van der Waals surface area contributed by atoms with E-state index in [1.54, 1.807) is 0 Å². The Bertz CT molecular complexity index is 460. The van der Waals surface area contributed by atoms with Crippen LogP contribution in [0.1, 0.15) is 44.6 Å². The van der Waals surface area contributed by atoms with Crippen molar-refractivity contribution in [1.29, 1.82) is 0 Å². The molecule has 2 nitrogen and oxygen atoms in total. The molecule has 1 atom stereocenters. The predicted molar refractivity (Wildman–Crippen MR) is 81.0 cm³/mol. The van der Waals surface area contributed by atoms with Crippen LogP contribution in [0.25, 0.3) is 0 Å². The van der Waals surface area contributed by atoms with E-state index in [2.05, 4.69) is 60.3 Å². The number of hydrogen-bond acceptors (Lipinski definition) is 2. The van der Waals surface area contributed by atoms with Crippen molar-refractivity contribution < 1.29 is 0 Å². The van der Waals surface area contributed by atoms with Crippen LogP contribution in [-0.2, 0) is 0 Å². The van der Waals surface area contributed by atoms with Gasteiger partial charge in [-0.15, -0.1) is 0 Å². The topological polar surface area (TPSA) is 6.48 Å². The van der Waals surface area contributed by atoms with Crippen LogP contribution in [0.5, 0.6) is 0 Å². The molecular weight excluding hydrogens is 232 g/mol. The minimum absolute atomic E-state index is 0.448. The number of benzene rings is 1. The fourth-order valence-electron chi connectivity index (χ4n) is 3.48. The highest BCUT2D eigenvalue weighted by Crippen LogP contribution is 2.32. The third-order valence-corrected chi connectivity index (χ3v) is 4.62. The third-order valence-electron chi connectivity index (χ3n) is 4.62. The fraction of sp³-hybridized carbons (Fsp3) is 0.529. The van der Waals surface area contributed by atoms with E-state index >= 15 is 0 Å². The summed E-state index contributed by atoms with van der Waals surface area (Å²) in [5.74, 6) is 0. The van der Waals surface area contributed by atoms with Gasteiger partial charge < -0.3 is 9.80 Å². The Hall–Kier alpha value is -1.44. The molecule has 0 radical (unpaired) electrons. The SMILES string of the molecule is Cc1ccccc1N1C=CN(C2CCCCC2)[C@@H]1C. The van der Waals surface area contributed by atoms with Crippen molar-refractivity contribution in [2.75, 3.05) is 4.90 Å². The van der Waals surface area contributed by atoms with E-state index in [-0.39, 0.29) is 0 Å². The van der Waals surface area contributed by atoms with E-state index in [4.69, 9.17) is 0 Å². The molecule has 0 saturated heterocycles. The van der Waals surface area contributed by atoms with Crippen LogP contribution in [0.2, 0.25) is 0 Å². The number of anilines is 1. The lowest BCUT2D eigenvalue weighted by molar-refractivity contribution is 0.187. The lowest BCUT2D eigenvalue weighted by Gasteiger charge is -2.38. The molecule has 0 amide bonds. The average Bonchev–Trinajstić information content (AvgIpc) is 2.82. The zero-order valence-corrected chi connectivity index (χ0v) is 12.0. The molecule has 3 rings (SSSR count). The molecule has 2 aliphatic rings. The highest BCUT2D eigenvalue weighted by molar-refractivity contribution is 5.57. The van der Waals surface area contributed by atoms with E-state index in [1.807, 2.05) is 0 Å². The van der Waals surface area contributed by atoms with Gasteiger partial charge in [0.25, 0.3) is 0 Å². The van der Waals surface area contributed by atoms with Crippen LogP contribution in [0.15, 0.2) is 36.7 Å². The second-order valence-electron chi connectivity index (χ2n) is 5.86. The first kappa shape index (κ1) is 12.6. The lowest BCUT2D eigenvalue weighted by atomic mass is 9.94. The lowest BCUT2D eigenvalue weighted by Crippen LogP contribution is -2.42. The molecule has 1 aromatic rings. The van der Waals surface area contributed by atoms with Crippen LogP contribution in [0.3, 0.4) is 0 Å². The fourth-order valence-corrected chi connectivity index (χ4v) is 3.48. The van der Waals surface area contributed by atoms with Crippen LogP contribution in [-0.4, -0.2) is 17.1 Å². The van der Waals surface area contributed by atoms with Crippen LogP contribution in [0, 0.1) is 6.92 Å². The largest absolute Gasteiger partial charge is 0.353 e. The van der Waals surface area contributed by atoms with Crippen molar-refractivity contribution in [2.24, 2.45) is 0 Å². The van der Waals surface area contributed by atoms with Crippen LogP contribution in [0.4, 0.5) is 5.69 Å². The van der Waals surface area contributed by atoms with Crippen molar-refractivity contribution in [3.05, 3.63) is 42.2 Å². The summed E-state index contributed by atoms with van der Waals surface area (Å²) >= 11 is 0. The Morgan fingerprint density at radius 3 is 2.47 bits per heavy atom. The van der Waals surface area contributed by atoms with Crippen LogP contribution < -0.4 is 4.90 Å².